The number of anilines is 2. The Morgan fingerprint density at radius 2 is 1.69 bits per heavy atom. The van der Waals surface area contributed by atoms with E-state index < -0.39 is 21.8 Å². The van der Waals surface area contributed by atoms with Crippen molar-refractivity contribution < 1.29 is 21.6 Å². The second kappa shape index (κ2) is 7.29. The van der Waals surface area contributed by atoms with Crippen LogP contribution in [0.5, 0.6) is 0 Å². The summed E-state index contributed by atoms with van der Waals surface area (Å²) >= 11 is 0. The third-order valence-electron chi connectivity index (χ3n) is 4.86. The van der Waals surface area contributed by atoms with Crippen LogP contribution in [0.2, 0.25) is 0 Å². The third-order valence-corrected chi connectivity index (χ3v) is 6.13. The minimum Gasteiger partial charge on any atom is -0.396 e. The third kappa shape index (κ3) is 3.78. The number of rotatable bonds is 5. The monoisotopic (exact) mass is 425 g/mol. The van der Waals surface area contributed by atoms with Gasteiger partial charge < -0.3 is 10.3 Å². The molecule has 0 atom stereocenters. The maximum atomic E-state index is 13.1. The quantitative estimate of drug-likeness (QED) is 0.643. The fraction of sp³-hybridized carbons (Fsp3) is 0.300. The minimum atomic E-state index is -4.44. The number of aryl methyl sites for hydroxylation is 1. The number of nitrogens with zero attached hydrogens (tertiary/aromatic N) is 2. The van der Waals surface area contributed by atoms with Crippen molar-refractivity contribution in [1.29, 1.82) is 0 Å². The number of nitrogen functional groups attached to an aromatic ring is 1. The summed E-state index contributed by atoms with van der Waals surface area (Å²) in [6.07, 6.45) is -3.31. The predicted molar refractivity (Wildman–Crippen MR) is 110 cm³/mol. The largest absolute Gasteiger partial charge is 0.416 e. The molecule has 9 heteroatoms. The van der Waals surface area contributed by atoms with Crippen molar-refractivity contribution >= 4 is 32.3 Å². The van der Waals surface area contributed by atoms with Gasteiger partial charge in [-0.1, -0.05) is 18.2 Å². The first-order valence-corrected chi connectivity index (χ1v) is 10.9. The fourth-order valence-corrected chi connectivity index (χ4v) is 4.56. The molecular formula is C20H22F3N3O2S. The molecule has 0 amide bonds. The van der Waals surface area contributed by atoms with Crippen LogP contribution in [-0.2, 0) is 22.7 Å². The molecule has 0 bridgehead atoms. The normalized spacial score (nSPS) is 12.5. The molecule has 2 N–H and O–H groups in total. The maximum Gasteiger partial charge on any atom is 0.416 e. The topological polar surface area (TPSA) is 68.3 Å². The zero-order valence-corrected chi connectivity index (χ0v) is 17.1. The van der Waals surface area contributed by atoms with Crippen LogP contribution in [0.15, 0.2) is 42.5 Å². The Morgan fingerprint density at radius 1 is 1.07 bits per heavy atom. The highest BCUT2D eigenvalue weighted by atomic mass is 32.2. The van der Waals surface area contributed by atoms with E-state index in [1.807, 2.05) is 6.92 Å². The van der Waals surface area contributed by atoms with Gasteiger partial charge in [0.2, 0.25) is 10.0 Å². The SMILES string of the molecule is CCN(c1ccc(-c2c(N)c3ccc(C(F)(F)F)cc3n2CC)cc1)S(C)(=O)=O. The average molecular weight is 425 g/mol. The molecule has 0 aliphatic rings. The number of sulfonamides is 1. The van der Waals surface area contributed by atoms with E-state index in [0.29, 0.717) is 40.1 Å². The Balaban J connectivity index is 2.16. The highest BCUT2D eigenvalue weighted by Gasteiger charge is 2.31. The van der Waals surface area contributed by atoms with E-state index in [-0.39, 0.29) is 6.54 Å². The lowest BCUT2D eigenvalue weighted by atomic mass is 10.1. The van der Waals surface area contributed by atoms with Crippen LogP contribution >= 0.6 is 0 Å². The Morgan fingerprint density at radius 3 is 2.17 bits per heavy atom. The molecule has 0 radical (unpaired) electrons. The van der Waals surface area contributed by atoms with Gasteiger partial charge in [0.05, 0.1) is 34.4 Å². The van der Waals surface area contributed by atoms with Gasteiger partial charge in [0.1, 0.15) is 0 Å². The first-order chi connectivity index (χ1) is 13.5. The van der Waals surface area contributed by atoms with Crippen molar-refractivity contribution in [2.45, 2.75) is 26.6 Å². The zero-order valence-electron chi connectivity index (χ0n) is 16.3. The highest BCUT2D eigenvalue weighted by molar-refractivity contribution is 7.92. The molecule has 29 heavy (non-hydrogen) atoms. The van der Waals surface area contributed by atoms with E-state index in [9.17, 15) is 21.6 Å². The number of aromatic nitrogens is 1. The molecule has 0 fully saturated rings. The van der Waals surface area contributed by atoms with Gasteiger partial charge in [-0.2, -0.15) is 13.2 Å². The van der Waals surface area contributed by atoms with E-state index in [0.717, 1.165) is 18.4 Å². The zero-order chi connectivity index (χ0) is 21.6. The molecule has 0 saturated heterocycles. The van der Waals surface area contributed by atoms with E-state index in [4.69, 9.17) is 5.73 Å². The fourth-order valence-electron chi connectivity index (χ4n) is 3.59. The molecule has 1 heterocycles. The summed E-state index contributed by atoms with van der Waals surface area (Å²) in [5.74, 6) is 0. The van der Waals surface area contributed by atoms with Crippen LogP contribution in [0.25, 0.3) is 22.2 Å². The predicted octanol–water partition coefficient (Wildman–Crippen LogP) is 4.72. The first-order valence-electron chi connectivity index (χ1n) is 9.06. The lowest BCUT2D eigenvalue weighted by molar-refractivity contribution is -0.137. The molecule has 2 aromatic carbocycles. The molecule has 156 valence electrons. The lowest BCUT2D eigenvalue weighted by Gasteiger charge is -2.20. The van der Waals surface area contributed by atoms with Crippen LogP contribution in [-0.4, -0.2) is 25.8 Å². The summed E-state index contributed by atoms with van der Waals surface area (Å²) in [6, 6.07) is 10.3. The second-order valence-corrected chi connectivity index (χ2v) is 8.62. The smallest absolute Gasteiger partial charge is 0.396 e. The van der Waals surface area contributed by atoms with Crippen molar-refractivity contribution in [3.63, 3.8) is 0 Å². The molecule has 0 spiro atoms. The van der Waals surface area contributed by atoms with Gasteiger partial charge in [-0.25, -0.2) is 8.42 Å². The average Bonchev–Trinajstić information content (AvgIpc) is 2.92. The van der Waals surface area contributed by atoms with Gasteiger partial charge in [0.25, 0.3) is 0 Å². The van der Waals surface area contributed by atoms with E-state index in [1.54, 1.807) is 35.8 Å². The number of alkyl halides is 3. The Kier molecular flexibility index (Phi) is 5.29. The van der Waals surface area contributed by atoms with E-state index in [1.165, 1.54) is 10.4 Å². The van der Waals surface area contributed by atoms with Gasteiger partial charge in [0, 0.05) is 24.0 Å². The van der Waals surface area contributed by atoms with Gasteiger partial charge in [-0.05, 0) is 38.1 Å². The molecule has 3 aromatic rings. The molecule has 0 aliphatic heterocycles. The number of benzene rings is 2. The molecule has 0 saturated carbocycles. The number of hydrogen-bond donors (Lipinski definition) is 1. The summed E-state index contributed by atoms with van der Waals surface area (Å²) < 4.78 is 66.2. The summed E-state index contributed by atoms with van der Waals surface area (Å²) in [6.45, 7) is 4.28. The summed E-state index contributed by atoms with van der Waals surface area (Å²) in [4.78, 5) is 0. The van der Waals surface area contributed by atoms with Crippen LogP contribution in [0, 0.1) is 0 Å². The molecule has 0 aliphatic carbocycles. The number of halogens is 3. The summed E-state index contributed by atoms with van der Waals surface area (Å²) in [7, 11) is -3.41. The summed E-state index contributed by atoms with van der Waals surface area (Å²) in [5, 5.41) is 0.547. The molecule has 5 nitrogen and oxygen atoms in total. The Labute approximate surface area is 167 Å². The van der Waals surface area contributed by atoms with Crippen molar-refractivity contribution in [1.82, 2.24) is 4.57 Å². The molecule has 0 unspecified atom stereocenters. The summed E-state index contributed by atoms with van der Waals surface area (Å²) in [5.41, 5.74) is 8.17. The Hall–Kier alpha value is -2.68. The van der Waals surface area contributed by atoms with Gasteiger partial charge in [0.15, 0.2) is 0 Å². The van der Waals surface area contributed by atoms with Crippen LogP contribution in [0.1, 0.15) is 19.4 Å². The van der Waals surface area contributed by atoms with Crippen molar-refractivity contribution in [2.75, 3.05) is 22.8 Å². The van der Waals surface area contributed by atoms with Crippen molar-refractivity contribution in [2.24, 2.45) is 0 Å². The van der Waals surface area contributed by atoms with E-state index >= 15 is 0 Å². The molecule has 1 aromatic heterocycles. The lowest BCUT2D eigenvalue weighted by Crippen LogP contribution is -2.29. The van der Waals surface area contributed by atoms with Gasteiger partial charge in [-0.3, -0.25) is 4.31 Å². The minimum absolute atomic E-state index is 0.287. The number of fused-ring (bicyclic) bond motifs is 1. The van der Waals surface area contributed by atoms with Crippen LogP contribution in [0.4, 0.5) is 24.5 Å². The maximum absolute atomic E-state index is 13.1. The van der Waals surface area contributed by atoms with Crippen LogP contribution in [0.3, 0.4) is 0 Å². The van der Waals surface area contributed by atoms with Crippen molar-refractivity contribution in [3.05, 3.63) is 48.0 Å². The van der Waals surface area contributed by atoms with Gasteiger partial charge in [-0.15, -0.1) is 0 Å². The standard InChI is InChI=1S/C20H22F3N3O2S/c1-4-25-17-12-14(20(21,22)23)8-11-16(17)18(24)19(25)13-6-9-15(10-7-13)26(5-2)29(3,27)28/h6-12H,4-5,24H2,1-3H3. The highest BCUT2D eigenvalue weighted by Crippen LogP contribution is 2.39. The first kappa shape index (κ1) is 21.0. The van der Waals surface area contributed by atoms with E-state index in [2.05, 4.69) is 0 Å². The van der Waals surface area contributed by atoms with Crippen LogP contribution < -0.4 is 10.0 Å². The Bertz CT molecular complexity index is 1150. The molecular weight excluding hydrogens is 403 g/mol. The van der Waals surface area contributed by atoms with Crippen molar-refractivity contribution in [3.8, 4) is 11.3 Å². The molecule has 3 rings (SSSR count). The number of hydrogen-bond acceptors (Lipinski definition) is 3. The number of nitrogens with two attached hydrogens (primary N) is 1. The second-order valence-electron chi connectivity index (χ2n) is 6.71. The van der Waals surface area contributed by atoms with Gasteiger partial charge >= 0.3 is 6.18 Å².